The molecule has 126 valence electrons. The minimum absolute atomic E-state index is 0.0108. The highest BCUT2D eigenvalue weighted by Gasteiger charge is 2.28. The Kier molecular flexibility index (Phi) is 6.41. The number of nitrogens with zero attached hydrogens (tertiary/aromatic N) is 1. The molecule has 1 saturated heterocycles. The second-order valence-electron chi connectivity index (χ2n) is 6.00. The van der Waals surface area contributed by atoms with E-state index in [4.69, 9.17) is 5.11 Å². The first kappa shape index (κ1) is 18.2. The molecule has 1 N–H and O–H groups in total. The fourth-order valence-corrected chi connectivity index (χ4v) is 4.64. The van der Waals surface area contributed by atoms with E-state index in [1.54, 1.807) is 13.0 Å². The van der Waals surface area contributed by atoms with Crippen LogP contribution in [-0.2, 0) is 4.79 Å². The second-order valence-corrected chi connectivity index (χ2v) is 8.73. The van der Waals surface area contributed by atoms with Crippen LogP contribution in [0.4, 0.5) is 0 Å². The predicted octanol–water partition coefficient (Wildman–Crippen LogP) is 3.47. The van der Waals surface area contributed by atoms with Gasteiger partial charge in [0.25, 0.3) is 5.91 Å². The van der Waals surface area contributed by atoms with Crippen molar-refractivity contribution in [2.24, 2.45) is 5.92 Å². The summed E-state index contributed by atoms with van der Waals surface area (Å²) in [5.41, 5.74) is 0.611. The number of hydrogen-bond acceptors (Lipinski definition) is 4. The van der Waals surface area contributed by atoms with Crippen LogP contribution in [0, 0.1) is 5.92 Å². The highest BCUT2D eigenvalue weighted by atomic mass is 32.2. The SMILES string of the molecule is CC(Sc1ccccc1C(=O)N1CCSC(C(C)C)C1)C(=O)O. The van der Waals surface area contributed by atoms with Crippen LogP contribution in [0.25, 0.3) is 0 Å². The predicted molar refractivity (Wildman–Crippen MR) is 96.4 cm³/mol. The van der Waals surface area contributed by atoms with Crippen LogP contribution in [-0.4, -0.2) is 51.2 Å². The van der Waals surface area contributed by atoms with E-state index in [0.717, 1.165) is 23.7 Å². The summed E-state index contributed by atoms with van der Waals surface area (Å²) in [6.45, 7) is 7.52. The number of carboxylic acid groups (broad SMARTS) is 1. The Hall–Kier alpha value is -1.14. The second kappa shape index (κ2) is 8.11. The minimum Gasteiger partial charge on any atom is -0.480 e. The molecule has 2 unspecified atom stereocenters. The lowest BCUT2D eigenvalue weighted by Crippen LogP contribution is -2.43. The van der Waals surface area contributed by atoms with E-state index in [9.17, 15) is 9.59 Å². The number of carbonyl (C=O) groups excluding carboxylic acids is 1. The highest BCUT2D eigenvalue weighted by molar-refractivity contribution is 8.00. The summed E-state index contributed by atoms with van der Waals surface area (Å²) in [5.74, 6) is 0.630. The molecule has 0 bridgehead atoms. The molecule has 2 atom stereocenters. The molecule has 1 amide bonds. The number of thioether (sulfide) groups is 2. The smallest absolute Gasteiger partial charge is 0.316 e. The summed E-state index contributed by atoms with van der Waals surface area (Å²) in [6.07, 6.45) is 0. The molecule has 2 rings (SSSR count). The van der Waals surface area contributed by atoms with Gasteiger partial charge in [0.15, 0.2) is 0 Å². The van der Waals surface area contributed by atoms with Crippen molar-refractivity contribution in [3.05, 3.63) is 29.8 Å². The van der Waals surface area contributed by atoms with Crippen molar-refractivity contribution in [3.8, 4) is 0 Å². The summed E-state index contributed by atoms with van der Waals surface area (Å²) in [6, 6.07) is 7.30. The van der Waals surface area contributed by atoms with Crippen molar-refractivity contribution < 1.29 is 14.7 Å². The van der Waals surface area contributed by atoms with E-state index in [0.29, 0.717) is 16.7 Å². The van der Waals surface area contributed by atoms with E-state index in [-0.39, 0.29) is 5.91 Å². The normalized spacial score (nSPS) is 19.7. The van der Waals surface area contributed by atoms with E-state index in [1.165, 1.54) is 11.8 Å². The molecule has 1 aliphatic heterocycles. The third kappa shape index (κ3) is 4.67. The summed E-state index contributed by atoms with van der Waals surface area (Å²) >= 11 is 3.16. The lowest BCUT2D eigenvalue weighted by Gasteiger charge is -2.34. The van der Waals surface area contributed by atoms with Crippen LogP contribution >= 0.6 is 23.5 Å². The first-order valence-corrected chi connectivity index (χ1v) is 9.72. The van der Waals surface area contributed by atoms with Gasteiger partial charge in [-0.15, -0.1) is 11.8 Å². The van der Waals surface area contributed by atoms with Gasteiger partial charge in [-0.25, -0.2) is 0 Å². The molecule has 0 saturated carbocycles. The quantitative estimate of drug-likeness (QED) is 0.822. The number of carboxylic acids is 1. The molecule has 0 aliphatic carbocycles. The first-order chi connectivity index (χ1) is 10.9. The van der Waals surface area contributed by atoms with Gasteiger partial charge in [-0.1, -0.05) is 26.0 Å². The van der Waals surface area contributed by atoms with E-state index in [2.05, 4.69) is 13.8 Å². The minimum atomic E-state index is -0.869. The molecule has 0 radical (unpaired) electrons. The number of aliphatic carboxylic acids is 1. The maximum Gasteiger partial charge on any atom is 0.316 e. The molecule has 23 heavy (non-hydrogen) atoms. The third-order valence-electron chi connectivity index (χ3n) is 3.89. The van der Waals surface area contributed by atoms with Gasteiger partial charge in [-0.3, -0.25) is 9.59 Å². The van der Waals surface area contributed by atoms with Gasteiger partial charge in [0.05, 0.1) is 5.56 Å². The third-order valence-corrected chi connectivity index (χ3v) is 6.60. The number of carbonyl (C=O) groups is 2. The Labute approximate surface area is 146 Å². The first-order valence-electron chi connectivity index (χ1n) is 7.79. The van der Waals surface area contributed by atoms with E-state index >= 15 is 0 Å². The molecule has 4 nitrogen and oxygen atoms in total. The zero-order chi connectivity index (χ0) is 17.0. The van der Waals surface area contributed by atoms with Gasteiger partial charge < -0.3 is 10.0 Å². The van der Waals surface area contributed by atoms with Gasteiger partial charge in [0, 0.05) is 29.0 Å². The van der Waals surface area contributed by atoms with Gasteiger partial charge in [-0.2, -0.15) is 11.8 Å². The van der Waals surface area contributed by atoms with Crippen LogP contribution < -0.4 is 0 Å². The fraction of sp³-hybridized carbons (Fsp3) is 0.529. The molecule has 1 aromatic carbocycles. The molecule has 1 aliphatic rings. The van der Waals surface area contributed by atoms with Crippen molar-refractivity contribution in [2.75, 3.05) is 18.8 Å². The van der Waals surface area contributed by atoms with Crippen LogP contribution in [0.3, 0.4) is 0 Å². The van der Waals surface area contributed by atoms with Crippen molar-refractivity contribution >= 4 is 35.4 Å². The molecular formula is C17H23NO3S2. The van der Waals surface area contributed by atoms with Gasteiger partial charge in [-0.05, 0) is 25.0 Å². The van der Waals surface area contributed by atoms with E-state index in [1.807, 2.05) is 34.9 Å². The van der Waals surface area contributed by atoms with Crippen molar-refractivity contribution in [1.29, 1.82) is 0 Å². The Bertz CT molecular complexity index is 577. The van der Waals surface area contributed by atoms with Gasteiger partial charge >= 0.3 is 5.97 Å². The Balaban J connectivity index is 2.17. The van der Waals surface area contributed by atoms with E-state index < -0.39 is 11.2 Å². The Morgan fingerprint density at radius 2 is 2.00 bits per heavy atom. The summed E-state index contributed by atoms with van der Waals surface area (Å²) in [5, 5.41) is 8.98. The number of amides is 1. The zero-order valence-electron chi connectivity index (χ0n) is 13.7. The Morgan fingerprint density at radius 1 is 1.30 bits per heavy atom. The van der Waals surface area contributed by atoms with Crippen molar-refractivity contribution in [1.82, 2.24) is 4.90 Å². The number of rotatable bonds is 5. The van der Waals surface area contributed by atoms with Crippen LogP contribution in [0.1, 0.15) is 31.1 Å². The van der Waals surface area contributed by atoms with Crippen LogP contribution in [0.5, 0.6) is 0 Å². The van der Waals surface area contributed by atoms with Gasteiger partial charge in [0.1, 0.15) is 5.25 Å². The molecule has 1 aromatic rings. The fourth-order valence-electron chi connectivity index (χ4n) is 2.42. The molecule has 1 fully saturated rings. The lowest BCUT2D eigenvalue weighted by atomic mass is 10.1. The zero-order valence-corrected chi connectivity index (χ0v) is 15.3. The van der Waals surface area contributed by atoms with Crippen LogP contribution in [0.2, 0.25) is 0 Å². The molecule has 6 heteroatoms. The van der Waals surface area contributed by atoms with Crippen molar-refractivity contribution in [2.45, 2.75) is 36.2 Å². The molecule has 0 aromatic heterocycles. The lowest BCUT2D eigenvalue weighted by molar-refractivity contribution is -0.136. The Morgan fingerprint density at radius 3 is 2.65 bits per heavy atom. The monoisotopic (exact) mass is 353 g/mol. The maximum atomic E-state index is 12.9. The highest BCUT2D eigenvalue weighted by Crippen LogP contribution is 2.30. The topological polar surface area (TPSA) is 57.6 Å². The van der Waals surface area contributed by atoms with Gasteiger partial charge in [0.2, 0.25) is 0 Å². The standard InChI is InChI=1S/C17H23NO3S2/c1-11(2)15-10-18(8-9-22-15)16(19)13-6-4-5-7-14(13)23-12(3)17(20)21/h4-7,11-12,15H,8-10H2,1-3H3,(H,20,21). The molecule has 1 heterocycles. The maximum absolute atomic E-state index is 12.9. The summed E-state index contributed by atoms with van der Waals surface area (Å²) < 4.78 is 0. The average molecular weight is 354 g/mol. The average Bonchev–Trinajstić information content (AvgIpc) is 2.54. The molecular weight excluding hydrogens is 330 g/mol. The number of benzene rings is 1. The largest absolute Gasteiger partial charge is 0.480 e. The summed E-state index contributed by atoms with van der Waals surface area (Å²) in [4.78, 5) is 26.6. The van der Waals surface area contributed by atoms with Crippen LogP contribution in [0.15, 0.2) is 29.2 Å². The number of hydrogen-bond donors (Lipinski definition) is 1. The molecule has 0 spiro atoms. The summed E-state index contributed by atoms with van der Waals surface area (Å²) in [7, 11) is 0. The van der Waals surface area contributed by atoms with Crippen molar-refractivity contribution in [3.63, 3.8) is 0 Å².